The molecule has 0 aromatic carbocycles. The Morgan fingerprint density at radius 1 is 1.24 bits per heavy atom. The van der Waals surface area contributed by atoms with Gasteiger partial charge in [-0.25, -0.2) is 0 Å². The molecule has 5 heteroatoms. The molecule has 0 N–H and O–H groups in total. The van der Waals surface area contributed by atoms with Crippen molar-refractivity contribution < 1.29 is 9.53 Å². The molecule has 0 saturated carbocycles. The van der Waals surface area contributed by atoms with Gasteiger partial charge in [0.25, 0.3) is 0 Å². The maximum Gasteiger partial charge on any atom is 0.239 e. The van der Waals surface area contributed by atoms with E-state index in [1.807, 2.05) is 11.8 Å². The number of amides is 1. The Hall–Kier alpha value is -0.650. The number of ether oxygens (including phenoxy) is 1. The molecule has 0 radical (unpaired) electrons. The van der Waals surface area contributed by atoms with Crippen LogP contribution in [0.4, 0.5) is 0 Å². The van der Waals surface area contributed by atoms with Crippen molar-refractivity contribution in [3.8, 4) is 0 Å². The van der Waals surface area contributed by atoms with E-state index in [9.17, 15) is 4.79 Å². The van der Waals surface area contributed by atoms with Crippen molar-refractivity contribution in [2.24, 2.45) is 0 Å². The summed E-state index contributed by atoms with van der Waals surface area (Å²) in [7, 11) is 0. The van der Waals surface area contributed by atoms with Crippen LogP contribution in [0.3, 0.4) is 0 Å². The third kappa shape index (κ3) is 4.41. The van der Waals surface area contributed by atoms with Crippen molar-refractivity contribution in [1.82, 2.24) is 14.7 Å². The first-order valence-corrected chi connectivity index (χ1v) is 8.48. The van der Waals surface area contributed by atoms with Crippen molar-refractivity contribution in [2.45, 2.75) is 45.7 Å². The molecule has 2 aliphatic rings. The van der Waals surface area contributed by atoms with Crippen molar-refractivity contribution in [2.75, 3.05) is 52.5 Å². The molecule has 0 bridgehead atoms. The average molecular weight is 297 g/mol. The van der Waals surface area contributed by atoms with Gasteiger partial charge in [0.05, 0.1) is 12.6 Å². The van der Waals surface area contributed by atoms with E-state index in [1.165, 1.54) is 12.8 Å². The first-order valence-electron chi connectivity index (χ1n) is 8.48. The number of rotatable bonds is 6. The lowest BCUT2D eigenvalue weighted by molar-refractivity contribution is -0.136. The molecule has 0 aromatic rings. The van der Waals surface area contributed by atoms with Crippen LogP contribution in [0.1, 0.15) is 33.6 Å². The molecule has 2 atom stereocenters. The van der Waals surface area contributed by atoms with E-state index >= 15 is 0 Å². The number of hydrogen-bond donors (Lipinski definition) is 0. The van der Waals surface area contributed by atoms with Crippen LogP contribution in [-0.2, 0) is 9.53 Å². The minimum absolute atomic E-state index is 0.0274. The Kier molecular flexibility index (Phi) is 6.45. The van der Waals surface area contributed by atoms with Crippen molar-refractivity contribution in [1.29, 1.82) is 0 Å². The summed E-state index contributed by atoms with van der Waals surface area (Å²) in [4.78, 5) is 19.4. The second-order valence-corrected chi connectivity index (χ2v) is 6.29. The first-order chi connectivity index (χ1) is 10.1. The number of carbonyl (C=O) groups excluding carboxylic acids is 1. The third-order valence-electron chi connectivity index (χ3n) is 4.85. The fourth-order valence-corrected chi connectivity index (χ4v) is 3.39. The number of carbonyl (C=O) groups is 1. The van der Waals surface area contributed by atoms with Gasteiger partial charge in [0.1, 0.15) is 0 Å². The fourth-order valence-electron chi connectivity index (χ4n) is 3.39. The van der Waals surface area contributed by atoms with Crippen LogP contribution in [0.15, 0.2) is 0 Å². The van der Waals surface area contributed by atoms with Gasteiger partial charge in [0.15, 0.2) is 0 Å². The molecule has 2 rings (SSSR count). The molecule has 0 aliphatic carbocycles. The van der Waals surface area contributed by atoms with E-state index < -0.39 is 0 Å². The molecular formula is C16H31N3O2. The normalized spacial score (nSPS) is 26.2. The van der Waals surface area contributed by atoms with Crippen LogP contribution in [0.25, 0.3) is 0 Å². The largest absolute Gasteiger partial charge is 0.380 e. The maximum atomic E-state index is 12.5. The minimum Gasteiger partial charge on any atom is -0.380 e. The highest BCUT2D eigenvalue weighted by Crippen LogP contribution is 2.16. The van der Waals surface area contributed by atoms with Crippen LogP contribution in [0.2, 0.25) is 0 Å². The topological polar surface area (TPSA) is 36.0 Å². The SMILES string of the molecule is CCOCCN1CCN(C(C)C(=O)N2CCCC2)CC1C. The summed E-state index contributed by atoms with van der Waals surface area (Å²) in [6, 6.07) is 0.521. The number of nitrogens with zero attached hydrogens (tertiary/aromatic N) is 3. The Morgan fingerprint density at radius 3 is 2.57 bits per heavy atom. The van der Waals surface area contributed by atoms with Gasteiger partial charge >= 0.3 is 0 Å². The van der Waals surface area contributed by atoms with Gasteiger partial charge in [-0.3, -0.25) is 14.6 Å². The molecule has 21 heavy (non-hydrogen) atoms. The second-order valence-electron chi connectivity index (χ2n) is 6.29. The quantitative estimate of drug-likeness (QED) is 0.686. The Morgan fingerprint density at radius 2 is 1.95 bits per heavy atom. The summed E-state index contributed by atoms with van der Waals surface area (Å²) in [5, 5.41) is 0. The lowest BCUT2D eigenvalue weighted by Gasteiger charge is -2.42. The summed E-state index contributed by atoms with van der Waals surface area (Å²) >= 11 is 0. The molecule has 0 spiro atoms. The van der Waals surface area contributed by atoms with Crippen LogP contribution < -0.4 is 0 Å². The molecule has 0 aromatic heterocycles. The van der Waals surface area contributed by atoms with Gasteiger partial charge in [-0.2, -0.15) is 0 Å². The van der Waals surface area contributed by atoms with Gasteiger partial charge in [0.2, 0.25) is 5.91 Å². The maximum absolute atomic E-state index is 12.5. The standard InChI is InChI=1S/C16H31N3O2/c1-4-21-12-11-17-9-10-19(13-14(17)2)15(3)16(20)18-7-5-6-8-18/h14-15H,4-13H2,1-3H3. The molecule has 2 fully saturated rings. The number of hydrogen-bond acceptors (Lipinski definition) is 4. The second kappa shape index (κ2) is 8.11. The molecule has 2 heterocycles. The van der Waals surface area contributed by atoms with E-state index in [4.69, 9.17) is 4.74 Å². The van der Waals surface area contributed by atoms with Gasteiger partial charge in [-0.15, -0.1) is 0 Å². The summed E-state index contributed by atoms with van der Waals surface area (Å²) < 4.78 is 5.45. The Labute approximate surface area is 129 Å². The number of likely N-dealkylation sites (tertiary alicyclic amines) is 1. The zero-order chi connectivity index (χ0) is 15.2. The summed E-state index contributed by atoms with van der Waals surface area (Å²) in [5.41, 5.74) is 0. The lowest BCUT2D eigenvalue weighted by Crippen LogP contribution is -2.57. The summed E-state index contributed by atoms with van der Waals surface area (Å²) in [6.07, 6.45) is 2.33. The van der Waals surface area contributed by atoms with Crippen LogP contribution >= 0.6 is 0 Å². The smallest absolute Gasteiger partial charge is 0.239 e. The molecule has 1 amide bonds. The first kappa shape index (κ1) is 16.7. The summed E-state index contributed by atoms with van der Waals surface area (Å²) in [5.74, 6) is 0.322. The monoisotopic (exact) mass is 297 g/mol. The Bertz CT molecular complexity index is 331. The van der Waals surface area contributed by atoms with Crippen LogP contribution in [0, 0.1) is 0 Å². The highest BCUT2D eigenvalue weighted by atomic mass is 16.5. The number of piperazine rings is 1. The van der Waals surface area contributed by atoms with E-state index in [-0.39, 0.29) is 6.04 Å². The van der Waals surface area contributed by atoms with E-state index in [0.29, 0.717) is 11.9 Å². The zero-order valence-corrected chi connectivity index (χ0v) is 13.9. The highest BCUT2D eigenvalue weighted by molar-refractivity contribution is 5.81. The third-order valence-corrected chi connectivity index (χ3v) is 4.85. The fraction of sp³-hybridized carbons (Fsp3) is 0.938. The lowest BCUT2D eigenvalue weighted by atomic mass is 10.1. The Balaban J connectivity index is 1.79. The molecule has 2 unspecified atom stereocenters. The molecule has 2 aliphatic heterocycles. The zero-order valence-electron chi connectivity index (χ0n) is 13.9. The highest BCUT2D eigenvalue weighted by Gasteiger charge is 2.32. The minimum atomic E-state index is 0.0274. The van der Waals surface area contributed by atoms with Gasteiger partial charge in [-0.1, -0.05) is 0 Å². The average Bonchev–Trinajstić information content (AvgIpc) is 3.02. The van der Waals surface area contributed by atoms with Crippen LogP contribution in [-0.4, -0.2) is 85.2 Å². The molecular weight excluding hydrogens is 266 g/mol. The van der Waals surface area contributed by atoms with Gasteiger partial charge < -0.3 is 9.64 Å². The van der Waals surface area contributed by atoms with Gasteiger partial charge in [0, 0.05) is 51.9 Å². The van der Waals surface area contributed by atoms with E-state index in [0.717, 1.165) is 52.5 Å². The predicted molar refractivity (Wildman–Crippen MR) is 84.4 cm³/mol. The van der Waals surface area contributed by atoms with Crippen LogP contribution in [0.5, 0.6) is 0 Å². The van der Waals surface area contributed by atoms with E-state index in [1.54, 1.807) is 0 Å². The van der Waals surface area contributed by atoms with Crippen molar-refractivity contribution in [3.05, 3.63) is 0 Å². The molecule has 122 valence electrons. The predicted octanol–water partition coefficient (Wildman–Crippen LogP) is 1.04. The van der Waals surface area contributed by atoms with Crippen molar-refractivity contribution >= 4 is 5.91 Å². The van der Waals surface area contributed by atoms with E-state index in [2.05, 4.69) is 23.6 Å². The van der Waals surface area contributed by atoms with Crippen molar-refractivity contribution in [3.63, 3.8) is 0 Å². The molecule has 2 saturated heterocycles. The summed E-state index contributed by atoms with van der Waals surface area (Å²) in [6.45, 7) is 13.9. The van der Waals surface area contributed by atoms with Gasteiger partial charge in [-0.05, 0) is 33.6 Å². The molecule has 5 nitrogen and oxygen atoms in total.